The molecule has 0 spiro atoms. The number of piperidine rings is 1. The van der Waals surface area contributed by atoms with Crippen molar-refractivity contribution in [3.8, 4) is 0 Å². The molecule has 0 amide bonds. The molecule has 1 aromatic carbocycles. The molecule has 4 heteroatoms. The maximum Gasteiger partial charge on any atom is 0.251 e. The van der Waals surface area contributed by atoms with Gasteiger partial charge in [-0.15, -0.1) is 0 Å². The first kappa shape index (κ1) is 13.8. The summed E-state index contributed by atoms with van der Waals surface area (Å²) in [6.45, 7) is 3.78. The summed E-state index contributed by atoms with van der Waals surface area (Å²) in [5.74, 6) is -0.159. The molecule has 1 aromatic heterocycles. The summed E-state index contributed by atoms with van der Waals surface area (Å²) in [7, 11) is 0. The van der Waals surface area contributed by atoms with E-state index >= 15 is 0 Å². The van der Waals surface area contributed by atoms with E-state index in [0.717, 1.165) is 55.2 Å². The highest BCUT2D eigenvalue weighted by Crippen LogP contribution is 2.39. The summed E-state index contributed by atoms with van der Waals surface area (Å²) in [4.78, 5) is 14.5. The van der Waals surface area contributed by atoms with Gasteiger partial charge in [0.2, 0.25) is 0 Å². The second-order valence-corrected chi connectivity index (χ2v) is 6.59. The quantitative estimate of drug-likeness (QED) is 0.843. The van der Waals surface area contributed by atoms with Crippen molar-refractivity contribution in [3.63, 3.8) is 0 Å². The Morgan fingerprint density at radius 2 is 1.86 bits per heavy atom. The van der Waals surface area contributed by atoms with Crippen molar-refractivity contribution < 1.29 is 4.39 Å². The van der Waals surface area contributed by atoms with E-state index in [1.165, 1.54) is 6.42 Å². The summed E-state index contributed by atoms with van der Waals surface area (Å²) in [6.07, 6.45) is 5.55. The van der Waals surface area contributed by atoms with E-state index in [2.05, 4.69) is 4.90 Å². The normalized spacial score (nSPS) is 18.9. The zero-order valence-corrected chi connectivity index (χ0v) is 12.9. The van der Waals surface area contributed by atoms with Gasteiger partial charge in [0.05, 0.1) is 11.2 Å². The fourth-order valence-corrected chi connectivity index (χ4v) is 3.78. The molecule has 1 aliphatic carbocycles. The number of pyridine rings is 1. The Morgan fingerprint density at radius 3 is 2.55 bits per heavy atom. The Kier molecular flexibility index (Phi) is 3.21. The molecule has 0 atom stereocenters. The number of rotatable bonds is 2. The number of fused-ring (bicyclic) bond motifs is 1. The number of hydrogen-bond donors (Lipinski definition) is 0. The SMILES string of the molecule is Cc1c(N2CCCCC2)c(F)cc2ccc(=O)n(C3CC3)c12. The minimum atomic E-state index is -0.159. The average molecular weight is 300 g/mol. The van der Waals surface area contributed by atoms with Gasteiger partial charge in [-0.2, -0.15) is 0 Å². The van der Waals surface area contributed by atoms with Gasteiger partial charge in [-0.1, -0.05) is 0 Å². The topological polar surface area (TPSA) is 25.2 Å². The first-order valence-corrected chi connectivity index (χ1v) is 8.26. The monoisotopic (exact) mass is 300 g/mol. The molecular weight excluding hydrogens is 279 g/mol. The molecule has 2 heterocycles. The summed E-state index contributed by atoms with van der Waals surface area (Å²) in [6, 6.07) is 5.23. The van der Waals surface area contributed by atoms with Crippen molar-refractivity contribution in [1.82, 2.24) is 4.57 Å². The molecule has 0 bridgehead atoms. The van der Waals surface area contributed by atoms with Crippen LogP contribution in [0, 0.1) is 12.7 Å². The zero-order chi connectivity index (χ0) is 15.3. The third kappa shape index (κ3) is 2.13. The summed E-state index contributed by atoms with van der Waals surface area (Å²) in [5, 5.41) is 0.835. The lowest BCUT2D eigenvalue weighted by molar-refractivity contribution is 0.556. The number of aryl methyl sites for hydroxylation is 1. The van der Waals surface area contributed by atoms with Crippen LogP contribution in [0.4, 0.5) is 10.1 Å². The standard InChI is InChI=1S/C18H21FN2O/c1-12-17-13(5-8-16(22)21(17)14-6-7-14)11-15(19)18(12)20-9-3-2-4-10-20/h5,8,11,14H,2-4,6-7,9-10H2,1H3. The van der Waals surface area contributed by atoms with Gasteiger partial charge in [0.15, 0.2) is 0 Å². The van der Waals surface area contributed by atoms with Crippen molar-refractivity contribution in [2.75, 3.05) is 18.0 Å². The minimum absolute atomic E-state index is 0.0364. The number of anilines is 1. The van der Waals surface area contributed by atoms with Crippen LogP contribution >= 0.6 is 0 Å². The van der Waals surface area contributed by atoms with Crippen LogP contribution in [0.1, 0.15) is 43.7 Å². The first-order chi connectivity index (χ1) is 10.7. The van der Waals surface area contributed by atoms with Gasteiger partial charge in [-0.3, -0.25) is 4.79 Å². The fraction of sp³-hybridized carbons (Fsp3) is 0.500. The summed E-state index contributed by atoms with van der Waals surface area (Å²) < 4.78 is 16.6. The largest absolute Gasteiger partial charge is 0.369 e. The van der Waals surface area contributed by atoms with E-state index < -0.39 is 0 Å². The maximum absolute atomic E-state index is 14.7. The van der Waals surface area contributed by atoms with Crippen LogP contribution in [-0.2, 0) is 0 Å². The number of hydrogen-bond acceptors (Lipinski definition) is 2. The van der Waals surface area contributed by atoms with Crippen molar-refractivity contribution in [2.24, 2.45) is 0 Å². The molecule has 0 N–H and O–H groups in total. The van der Waals surface area contributed by atoms with E-state index in [9.17, 15) is 9.18 Å². The lowest BCUT2D eigenvalue weighted by Gasteiger charge is -2.31. The van der Waals surface area contributed by atoms with Crippen molar-refractivity contribution in [2.45, 2.75) is 45.1 Å². The van der Waals surface area contributed by atoms with E-state index in [4.69, 9.17) is 0 Å². The van der Waals surface area contributed by atoms with Gasteiger partial charge in [-0.25, -0.2) is 4.39 Å². The highest BCUT2D eigenvalue weighted by atomic mass is 19.1. The summed E-state index contributed by atoms with van der Waals surface area (Å²) in [5.41, 5.74) is 2.58. The molecule has 1 aliphatic heterocycles. The third-order valence-electron chi connectivity index (χ3n) is 4.96. The smallest absolute Gasteiger partial charge is 0.251 e. The molecule has 1 saturated carbocycles. The van der Waals surface area contributed by atoms with Crippen molar-refractivity contribution in [1.29, 1.82) is 0 Å². The molecule has 4 rings (SSSR count). The molecule has 0 unspecified atom stereocenters. The molecule has 2 aromatic rings. The van der Waals surface area contributed by atoms with Gasteiger partial charge in [-0.05, 0) is 56.7 Å². The highest BCUT2D eigenvalue weighted by molar-refractivity contribution is 5.88. The van der Waals surface area contributed by atoms with E-state index in [1.807, 2.05) is 11.5 Å². The average Bonchev–Trinajstić information content (AvgIpc) is 3.33. The highest BCUT2D eigenvalue weighted by Gasteiger charge is 2.28. The molecule has 2 fully saturated rings. The van der Waals surface area contributed by atoms with Gasteiger partial charge in [0.1, 0.15) is 5.82 Å². The molecule has 2 aliphatic rings. The first-order valence-electron chi connectivity index (χ1n) is 8.26. The maximum atomic E-state index is 14.7. The second kappa shape index (κ2) is 5.11. The van der Waals surface area contributed by atoms with Gasteiger partial charge in [0.25, 0.3) is 5.56 Å². The van der Waals surface area contributed by atoms with Crippen molar-refractivity contribution >= 4 is 16.6 Å². The Bertz CT molecular complexity index is 786. The minimum Gasteiger partial charge on any atom is -0.369 e. The number of benzene rings is 1. The van der Waals surface area contributed by atoms with Crippen LogP contribution in [-0.4, -0.2) is 17.7 Å². The van der Waals surface area contributed by atoms with Gasteiger partial charge >= 0.3 is 0 Å². The molecule has 0 radical (unpaired) electrons. The predicted octanol–water partition coefficient (Wildman–Crippen LogP) is 3.77. The number of nitrogens with zero attached hydrogens (tertiary/aromatic N) is 2. The van der Waals surface area contributed by atoms with Crippen LogP contribution in [0.5, 0.6) is 0 Å². The lowest BCUT2D eigenvalue weighted by Crippen LogP contribution is -2.31. The second-order valence-electron chi connectivity index (χ2n) is 6.59. The van der Waals surface area contributed by atoms with Crippen molar-refractivity contribution in [3.05, 3.63) is 39.9 Å². The molecule has 1 saturated heterocycles. The third-order valence-corrected chi connectivity index (χ3v) is 4.96. The Balaban J connectivity index is 1.97. The van der Waals surface area contributed by atoms with Crippen LogP contribution in [0.3, 0.4) is 0 Å². The Labute approximate surface area is 129 Å². The van der Waals surface area contributed by atoms with Gasteiger partial charge in [0, 0.05) is 30.6 Å². The van der Waals surface area contributed by atoms with Crippen LogP contribution in [0.15, 0.2) is 23.0 Å². The van der Waals surface area contributed by atoms with Gasteiger partial charge < -0.3 is 9.47 Å². The Hall–Kier alpha value is -1.84. The molecule has 3 nitrogen and oxygen atoms in total. The number of aromatic nitrogens is 1. The van der Waals surface area contributed by atoms with E-state index in [-0.39, 0.29) is 11.4 Å². The van der Waals surface area contributed by atoms with Crippen LogP contribution in [0.2, 0.25) is 0 Å². The predicted molar refractivity (Wildman–Crippen MR) is 87.2 cm³/mol. The number of halogens is 1. The zero-order valence-electron chi connectivity index (χ0n) is 12.9. The molecule has 22 heavy (non-hydrogen) atoms. The van der Waals surface area contributed by atoms with Crippen LogP contribution in [0.25, 0.3) is 10.9 Å². The summed E-state index contributed by atoms with van der Waals surface area (Å²) >= 11 is 0. The van der Waals surface area contributed by atoms with Crippen LogP contribution < -0.4 is 10.5 Å². The Morgan fingerprint density at radius 1 is 1.14 bits per heavy atom. The lowest BCUT2D eigenvalue weighted by atomic mass is 10.0. The molecule has 116 valence electrons. The van der Waals surface area contributed by atoms with E-state index in [1.54, 1.807) is 18.2 Å². The molecular formula is C18H21FN2O. The fourth-order valence-electron chi connectivity index (χ4n) is 3.78. The van der Waals surface area contributed by atoms with E-state index in [0.29, 0.717) is 11.7 Å².